The first-order valence-electron chi connectivity index (χ1n) is 6.94. The van der Waals surface area contributed by atoms with Gasteiger partial charge >= 0.3 is 0 Å². The number of aliphatic hydroxyl groups excluding tert-OH is 1. The summed E-state index contributed by atoms with van der Waals surface area (Å²) in [6.07, 6.45) is 2.19. The zero-order valence-corrected chi connectivity index (χ0v) is 11.4. The lowest BCUT2D eigenvalue weighted by atomic mass is 10.0. The van der Waals surface area contributed by atoms with Crippen LogP contribution >= 0.6 is 0 Å². The maximum absolute atomic E-state index is 9.39. The van der Waals surface area contributed by atoms with Gasteiger partial charge in [-0.3, -0.25) is 0 Å². The van der Waals surface area contributed by atoms with Crippen LogP contribution in [0.4, 0.5) is 5.69 Å². The Balaban J connectivity index is 2.28. The first kappa shape index (κ1) is 13.4. The van der Waals surface area contributed by atoms with E-state index in [2.05, 4.69) is 42.3 Å². The Morgan fingerprint density at radius 1 is 1.44 bits per heavy atom. The molecular weight excluding hydrogens is 224 g/mol. The summed E-state index contributed by atoms with van der Waals surface area (Å²) in [5, 5.41) is 12.8. The first-order chi connectivity index (χ1) is 8.76. The molecule has 18 heavy (non-hydrogen) atoms. The lowest BCUT2D eigenvalue weighted by Crippen LogP contribution is -2.40. The minimum absolute atomic E-state index is 0.191. The van der Waals surface area contributed by atoms with Crippen molar-refractivity contribution in [3.63, 3.8) is 0 Å². The van der Waals surface area contributed by atoms with Crippen molar-refractivity contribution < 1.29 is 5.11 Å². The highest BCUT2D eigenvalue weighted by atomic mass is 16.3. The Morgan fingerprint density at radius 3 is 3.00 bits per heavy atom. The average Bonchev–Trinajstić information content (AvgIpc) is 2.63. The lowest BCUT2D eigenvalue weighted by Gasteiger charge is -2.29. The maximum atomic E-state index is 9.39. The number of benzene rings is 1. The third-order valence-corrected chi connectivity index (χ3v) is 3.72. The standard InChI is InChI=1S/C15H24N2O/c1-3-13-7-4-6-12(2)15(13)17-9-5-8-16-14(10-17)11-18/h4,6-7,14,16,18H,3,5,8-11H2,1-2H3. The van der Waals surface area contributed by atoms with Crippen molar-refractivity contribution in [3.8, 4) is 0 Å². The molecule has 1 heterocycles. The SMILES string of the molecule is CCc1cccc(C)c1N1CCCNC(CO)C1. The number of aliphatic hydroxyl groups is 1. The number of rotatable bonds is 3. The molecule has 1 aromatic carbocycles. The van der Waals surface area contributed by atoms with Crippen LogP contribution < -0.4 is 10.2 Å². The predicted octanol–water partition coefficient (Wildman–Crippen LogP) is 1.72. The lowest BCUT2D eigenvalue weighted by molar-refractivity contribution is 0.248. The van der Waals surface area contributed by atoms with Crippen molar-refractivity contribution in [2.45, 2.75) is 32.7 Å². The molecule has 3 nitrogen and oxygen atoms in total. The van der Waals surface area contributed by atoms with Gasteiger partial charge < -0.3 is 15.3 Å². The molecule has 0 saturated carbocycles. The van der Waals surface area contributed by atoms with E-state index in [0.717, 1.165) is 32.5 Å². The quantitative estimate of drug-likeness (QED) is 0.855. The minimum atomic E-state index is 0.191. The number of nitrogens with zero attached hydrogens (tertiary/aromatic N) is 1. The second-order valence-electron chi connectivity index (χ2n) is 5.07. The summed E-state index contributed by atoms with van der Waals surface area (Å²) in [5.74, 6) is 0. The van der Waals surface area contributed by atoms with Gasteiger partial charge in [0, 0.05) is 24.8 Å². The molecule has 100 valence electrons. The van der Waals surface area contributed by atoms with Gasteiger partial charge in [-0.05, 0) is 37.4 Å². The first-order valence-corrected chi connectivity index (χ1v) is 6.94. The highest BCUT2D eigenvalue weighted by Gasteiger charge is 2.19. The summed E-state index contributed by atoms with van der Waals surface area (Å²) >= 11 is 0. The fraction of sp³-hybridized carbons (Fsp3) is 0.600. The van der Waals surface area contributed by atoms with Crippen molar-refractivity contribution in [3.05, 3.63) is 29.3 Å². The number of para-hydroxylation sites is 1. The number of hydrogen-bond acceptors (Lipinski definition) is 3. The van der Waals surface area contributed by atoms with Crippen LogP contribution in [0.25, 0.3) is 0 Å². The van der Waals surface area contributed by atoms with Crippen molar-refractivity contribution in [2.24, 2.45) is 0 Å². The van der Waals surface area contributed by atoms with Crippen molar-refractivity contribution >= 4 is 5.69 Å². The number of anilines is 1. The van der Waals surface area contributed by atoms with Crippen LogP contribution in [0.1, 0.15) is 24.5 Å². The zero-order chi connectivity index (χ0) is 13.0. The second-order valence-corrected chi connectivity index (χ2v) is 5.07. The molecule has 2 N–H and O–H groups in total. The van der Waals surface area contributed by atoms with Gasteiger partial charge in [-0.1, -0.05) is 25.1 Å². The Hall–Kier alpha value is -1.06. The molecule has 1 fully saturated rings. The molecule has 0 radical (unpaired) electrons. The Bertz CT molecular complexity index is 392. The highest BCUT2D eigenvalue weighted by molar-refractivity contribution is 5.59. The van der Waals surface area contributed by atoms with Gasteiger partial charge in [-0.2, -0.15) is 0 Å². The molecule has 1 saturated heterocycles. The van der Waals surface area contributed by atoms with Crippen LogP contribution in [-0.4, -0.2) is 37.4 Å². The van der Waals surface area contributed by atoms with E-state index in [9.17, 15) is 5.11 Å². The molecule has 0 spiro atoms. The summed E-state index contributed by atoms with van der Waals surface area (Å²) in [7, 11) is 0. The summed E-state index contributed by atoms with van der Waals surface area (Å²) in [4.78, 5) is 2.44. The molecule has 0 aromatic heterocycles. The Labute approximate surface area is 110 Å². The van der Waals surface area contributed by atoms with Gasteiger partial charge in [0.1, 0.15) is 0 Å². The molecule has 1 atom stereocenters. The fourth-order valence-electron chi connectivity index (χ4n) is 2.78. The Morgan fingerprint density at radius 2 is 2.28 bits per heavy atom. The molecular formula is C15H24N2O. The van der Waals surface area contributed by atoms with Crippen LogP contribution in [0.3, 0.4) is 0 Å². The van der Waals surface area contributed by atoms with Gasteiger partial charge in [0.05, 0.1) is 6.61 Å². The molecule has 0 amide bonds. The van der Waals surface area contributed by atoms with Crippen LogP contribution in [0.2, 0.25) is 0 Å². The molecule has 1 aromatic rings. The fourth-order valence-corrected chi connectivity index (χ4v) is 2.78. The van der Waals surface area contributed by atoms with E-state index in [0.29, 0.717) is 0 Å². The normalized spacial score (nSPS) is 20.8. The van der Waals surface area contributed by atoms with Gasteiger partial charge in [-0.15, -0.1) is 0 Å². The number of hydrogen-bond donors (Lipinski definition) is 2. The highest BCUT2D eigenvalue weighted by Crippen LogP contribution is 2.26. The van der Waals surface area contributed by atoms with E-state index in [1.54, 1.807) is 0 Å². The van der Waals surface area contributed by atoms with Gasteiger partial charge in [0.2, 0.25) is 0 Å². The minimum Gasteiger partial charge on any atom is -0.395 e. The molecule has 0 aliphatic carbocycles. The third kappa shape index (κ3) is 2.85. The number of nitrogens with one attached hydrogen (secondary N) is 1. The van der Waals surface area contributed by atoms with Crippen LogP contribution in [0.5, 0.6) is 0 Å². The summed E-state index contributed by atoms with van der Waals surface area (Å²) < 4.78 is 0. The van der Waals surface area contributed by atoms with Crippen molar-refractivity contribution in [1.29, 1.82) is 0 Å². The summed E-state index contributed by atoms with van der Waals surface area (Å²) in [5.41, 5.74) is 4.13. The molecule has 1 unspecified atom stereocenters. The van der Waals surface area contributed by atoms with Gasteiger partial charge in [0.25, 0.3) is 0 Å². The average molecular weight is 248 g/mol. The van der Waals surface area contributed by atoms with E-state index in [1.807, 2.05) is 0 Å². The molecule has 2 rings (SSSR count). The molecule has 0 bridgehead atoms. The summed E-state index contributed by atoms with van der Waals surface area (Å²) in [6, 6.07) is 6.73. The van der Waals surface area contributed by atoms with E-state index >= 15 is 0 Å². The van der Waals surface area contributed by atoms with Crippen LogP contribution in [0.15, 0.2) is 18.2 Å². The van der Waals surface area contributed by atoms with Crippen molar-refractivity contribution in [2.75, 3.05) is 31.1 Å². The topological polar surface area (TPSA) is 35.5 Å². The smallest absolute Gasteiger partial charge is 0.0601 e. The van der Waals surface area contributed by atoms with E-state index in [1.165, 1.54) is 16.8 Å². The Kier molecular flexibility index (Phi) is 4.61. The van der Waals surface area contributed by atoms with Crippen LogP contribution in [0, 0.1) is 6.92 Å². The van der Waals surface area contributed by atoms with Crippen molar-refractivity contribution in [1.82, 2.24) is 5.32 Å². The zero-order valence-electron chi connectivity index (χ0n) is 11.4. The van der Waals surface area contributed by atoms with Gasteiger partial charge in [-0.25, -0.2) is 0 Å². The summed E-state index contributed by atoms with van der Waals surface area (Å²) in [6.45, 7) is 7.56. The predicted molar refractivity (Wildman–Crippen MR) is 76.3 cm³/mol. The molecule has 3 heteroatoms. The largest absolute Gasteiger partial charge is 0.395 e. The maximum Gasteiger partial charge on any atom is 0.0601 e. The van der Waals surface area contributed by atoms with Gasteiger partial charge in [0.15, 0.2) is 0 Å². The number of aryl methyl sites for hydroxylation is 2. The van der Waals surface area contributed by atoms with E-state index in [4.69, 9.17) is 0 Å². The molecule has 1 aliphatic heterocycles. The second kappa shape index (κ2) is 6.21. The van der Waals surface area contributed by atoms with E-state index in [-0.39, 0.29) is 12.6 Å². The third-order valence-electron chi connectivity index (χ3n) is 3.72. The van der Waals surface area contributed by atoms with Crippen LogP contribution in [-0.2, 0) is 6.42 Å². The molecule has 1 aliphatic rings. The van der Waals surface area contributed by atoms with E-state index < -0.39 is 0 Å². The monoisotopic (exact) mass is 248 g/mol.